The summed E-state index contributed by atoms with van der Waals surface area (Å²) in [5.41, 5.74) is 3.03. The highest BCUT2D eigenvalue weighted by Crippen LogP contribution is 2.25. The van der Waals surface area contributed by atoms with E-state index >= 15 is 0 Å². The van der Waals surface area contributed by atoms with Crippen LogP contribution in [0.5, 0.6) is 0 Å². The number of thiophene rings is 1. The van der Waals surface area contributed by atoms with E-state index in [4.69, 9.17) is 9.47 Å². The molecule has 3 rings (SSSR count). The molecule has 1 saturated heterocycles. The van der Waals surface area contributed by atoms with Crippen LogP contribution in [0.3, 0.4) is 0 Å². The van der Waals surface area contributed by atoms with Crippen molar-refractivity contribution in [2.24, 2.45) is 0 Å². The molecule has 0 saturated carbocycles. The fourth-order valence-electron chi connectivity index (χ4n) is 2.65. The normalized spacial score (nSPS) is 17.9. The predicted molar refractivity (Wildman–Crippen MR) is 92.0 cm³/mol. The van der Waals surface area contributed by atoms with E-state index in [0.29, 0.717) is 31.9 Å². The minimum absolute atomic E-state index is 0.00669. The van der Waals surface area contributed by atoms with Gasteiger partial charge in [0, 0.05) is 24.0 Å². The predicted octanol–water partition coefficient (Wildman–Crippen LogP) is 3.21. The summed E-state index contributed by atoms with van der Waals surface area (Å²) in [7, 11) is 1.80. The van der Waals surface area contributed by atoms with Gasteiger partial charge in [0.25, 0.3) is 5.91 Å². The Balaban J connectivity index is 1.64. The van der Waals surface area contributed by atoms with Gasteiger partial charge in [-0.1, -0.05) is 12.1 Å². The van der Waals surface area contributed by atoms with Gasteiger partial charge in [-0.05, 0) is 41.6 Å². The Morgan fingerprint density at radius 3 is 2.65 bits per heavy atom. The highest BCUT2D eigenvalue weighted by atomic mass is 32.1. The highest BCUT2D eigenvalue weighted by molar-refractivity contribution is 7.10. The number of likely N-dealkylation sites (N-methyl/N-ethyl adjacent to an activating group) is 1. The van der Waals surface area contributed by atoms with Crippen LogP contribution in [0.2, 0.25) is 0 Å². The standard InChI is InChI=1S/C18H21NO3S/c1-13-9-16(12-23-13)14-3-5-15(6-4-14)18(20)19(2)10-17-11-21-7-8-22-17/h3-6,9,12,17H,7-8,10-11H2,1-2H3/t17-/m1/s1. The van der Waals surface area contributed by atoms with E-state index in [1.54, 1.807) is 23.3 Å². The summed E-state index contributed by atoms with van der Waals surface area (Å²) in [4.78, 5) is 15.5. The van der Waals surface area contributed by atoms with Gasteiger partial charge in [0.1, 0.15) is 0 Å². The zero-order chi connectivity index (χ0) is 16.2. The van der Waals surface area contributed by atoms with Crippen LogP contribution in [0.15, 0.2) is 35.7 Å². The van der Waals surface area contributed by atoms with Crippen molar-refractivity contribution < 1.29 is 14.3 Å². The number of amides is 1. The molecule has 5 heteroatoms. The quantitative estimate of drug-likeness (QED) is 0.863. The molecule has 1 aromatic heterocycles. The molecule has 2 heterocycles. The Bertz CT molecular complexity index is 659. The minimum atomic E-state index is -0.0363. The second kappa shape index (κ2) is 7.25. The molecule has 122 valence electrons. The van der Waals surface area contributed by atoms with Gasteiger partial charge < -0.3 is 14.4 Å². The maximum Gasteiger partial charge on any atom is 0.253 e. The fourth-order valence-corrected chi connectivity index (χ4v) is 3.36. The largest absolute Gasteiger partial charge is 0.376 e. The van der Waals surface area contributed by atoms with Crippen LogP contribution in [0.4, 0.5) is 0 Å². The summed E-state index contributed by atoms with van der Waals surface area (Å²) in [6.45, 7) is 4.43. The van der Waals surface area contributed by atoms with Gasteiger partial charge in [0.05, 0.1) is 25.9 Å². The van der Waals surface area contributed by atoms with Gasteiger partial charge in [0.2, 0.25) is 0 Å². The number of benzene rings is 1. The Labute approximate surface area is 140 Å². The molecule has 23 heavy (non-hydrogen) atoms. The minimum Gasteiger partial charge on any atom is -0.376 e. The van der Waals surface area contributed by atoms with E-state index in [1.807, 2.05) is 24.3 Å². The first-order valence-corrected chi connectivity index (χ1v) is 8.62. The SMILES string of the molecule is Cc1cc(-c2ccc(C(=O)N(C)C[C@@H]3COCCO3)cc2)cs1. The lowest BCUT2D eigenvalue weighted by Crippen LogP contribution is -2.40. The van der Waals surface area contributed by atoms with Gasteiger partial charge in [-0.3, -0.25) is 4.79 Å². The second-order valence-electron chi connectivity index (χ2n) is 5.78. The first-order valence-electron chi connectivity index (χ1n) is 7.74. The molecule has 0 N–H and O–H groups in total. The number of hydrogen-bond acceptors (Lipinski definition) is 4. The van der Waals surface area contributed by atoms with Crippen LogP contribution < -0.4 is 0 Å². The smallest absolute Gasteiger partial charge is 0.253 e. The summed E-state index contributed by atoms with van der Waals surface area (Å²) in [6, 6.07) is 9.94. The number of rotatable bonds is 4. The zero-order valence-electron chi connectivity index (χ0n) is 13.5. The first kappa shape index (κ1) is 16.2. The molecule has 1 aromatic carbocycles. The molecule has 1 fully saturated rings. The van der Waals surface area contributed by atoms with Gasteiger partial charge in [-0.15, -0.1) is 11.3 Å². The van der Waals surface area contributed by atoms with E-state index in [2.05, 4.69) is 18.4 Å². The van der Waals surface area contributed by atoms with Crippen LogP contribution in [-0.4, -0.2) is 50.3 Å². The summed E-state index contributed by atoms with van der Waals surface area (Å²) >= 11 is 1.73. The average molecular weight is 331 g/mol. The lowest BCUT2D eigenvalue weighted by molar-refractivity contribution is -0.0933. The molecule has 1 aliphatic rings. The van der Waals surface area contributed by atoms with Gasteiger partial charge >= 0.3 is 0 Å². The van der Waals surface area contributed by atoms with E-state index < -0.39 is 0 Å². The third kappa shape index (κ3) is 3.99. The zero-order valence-corrected chi connectivity index (χ0v) is 14.3. The van der Waals surface area contributed by atoms with Crippen LogP contribution in [-0.2, 0) is 9.47 Å². The van der Waals surface area contributed by atoms with E-state index in [9.17, 15) is 4.79 Å². The molecule has 2 aromatic rings. The van der Waals surface area contributed by atoms with Gasteiger partial charge in [-0.25, -0.2) is 0 Å². The molecule has 0 unspecified atom stereocenters. The Morgan fingerprint density at radius 1 is 1.26 bits per heavy atom. The number of nitrogens with zero attached hydrogens (tertiary/aromatic N) is 1. The molecule has 0 bridgehead atoms. The molecule has 0 spiro atoms. The van der Waals surface area contributed by atoms with Crippen molar-refractivity contribution in [1.29, 1.82) is 0 Å². The Kier molecular flexibility index (Phi) is 5.10. The lowest BCUT2D eigenvalue weighted by atomic mass is 10.1. The molecule has 1 atom stereocenters. The van der Waals surface area contributed by atoms with Crippen LogP contribution in [0.25, 0.3) is 11.1 Å². The average Bonchev–Trinajstić information content (AvgIpc) is 3.02. The fraction of sp³-hybridized carbons (Fsp3) is 0.389. The lowest BCUT2D eigenvalue weighted by Gasteiger charge is -2.27. The molecule has 1 aliphatic heterocycles. The number of aryl methyl sites for hydroxylation is 1. The van der Waals surface area contributed by atoms with E-state index in [1.165, 1.54) is 10.4 Å². The second-order valence-corrected chi connectivity index (χ2v) is 6.89. The first-order chi connectivity index (χ1) is 11.1. The van der Waals surface area contributed by atoms with Crippen LogP contribution in [0, 0.1) is 6.92 Å². The van der Waals surface area contributed by atoms with Crippen molar-refractivity contribution >= 4 is 17.2 Å². The Hall–Kier alpha value is -1.69. The van der Waals surface area contributed by atoms with Crippen molar-refractivity contribution in [3.05, 3.63) is 46.2 Å². The van der Waals surface area contributed by atoms with Crippen molar-refractivity contribution in [2.75, 3.05) is 33.4 Å². The topological polar surface area (TPSA) is 38.8 Å². The summed E-state index contributed by atoms with van der Waals surface area (Å²) in [6.07, 6.45) is -0.0363. The molecule has 0 radical (unpaired) electrons. The third-order valence-electron chi connectivity index (χ3n) is 3.90. The van der Waals surface area contributed by atoms with Crippen molar-refractivity contribution in [3.8, 4) is 11.1 Å². The van der Waals surface area contributed by atoms with E-state index in [-0.39, 0.29) is 12.0 Å². The highest BCUT2D eigenvalue weighted by Gasteiger charge is 2.20. The summed E-state index contributed by atoms with van der Waals surface area (Å²) in [5, 5.41) is 2.14. The van der Waals surface area contributed by atoms with Gasteiger partial charge in [0.15, 0.2) is 0 Å². The molecule has 0 aliphatic carbocycles. The number of carbonyl (C=O) groups excluding carboxylic acids is 1. The van der Waals surface area contributed by atoms with Crippen molar-refractivity contribution in [3.63, 3.8) is 0 Å². The summed E-state index contributed by atoms with van der Waals surface area (Å²) < 4.78 is 11.0. The maximum absolute atomic E-state index is 12.5. The van der Waals surface area contributed by atoms with Crippen molar-refractivity contribution in [2.45, 2.75) is 13.0 Å². The van der Waals surface area contributed by atoms with Crippen LogP contribution in [0.1, 0.15) is 15.2 Å². The molecule has 4 nitrogen and oxygen atoms in total. The molecule has 1 amide bonds. The van der Waals surface area contributed by atoms with Crippen molar-refractivity contribution in [1.82, 2.24) is 4.90 Å². The van der Waals surface area contributed by atoms with E-state index in [0.717, 1.165) is 5.56 Å². The van der Waals surface area contributed by atoms with Gasteiger partial charge in [-0.2, -0.15) is 0 Å². The molecular formula is C18H21NO3S. The number of carbonyl (C=O) groups is 1. The molecular weight excluding hydrogens is 310 g/mol. The number of ether oxygens (including phenoxy) is 2. The monoisotopic (exact) mass is 331 g/mol. The summed E-state index contributed by atoms with van der Waals surface area (Å²) in [5.74, 6) is 0.00669. The van der Waals surface area contributed by atoms with Crippen LogP contribution >= 0.6 is 11.3 Å². The Morgan fingerprint density at radius 2 is 2.04 bits per heavy atom. The maximum atomic E-state index is 12.5. The third-order valence-corrected chi connectivity index (χ3v) is 4.77. The number of hydrogen-bond donors (Lipinski definition) is 0.